The number of hydrogen-bond donors (Lipinski definition) is 2. The van der Waals surface area contributed by atoms with Crippen molar-refractivity contribution >= 4 is 21.6 Å². The lowest BCUT2D eigenvalue weighted by atomic mass is 10.1. The van der Waals surface area contributed by atoms with Gasteiger partial charge in [-0.05, 0) is 67.4 Å². The number of hydrogen-bond acceptors (Lipinski definition) is 5. The van der Waals surface area contributed by atoms with Crippen LogP contribution in [0, 0.1) is 6.92 Å². The summed E-state index contributed by atoms with van der Waals surface area (Å²) >= 11 is 0. The Morgan fingerprint density at radius 1 is 1.00 bits per heavy atom. The van der Waals surface area contributed by atoms with Crippen molar-refractivity contribution in [1.29, 1.82) is 0 Å². The summed E-state index contributed by atoms with van der Waals surface area (Å²) in [6.45, 7) is 3.43. The summed E-state index contributed by atoms with van der Waals surface area (Å²) in [6, 6.07) is 20.4. The highest BCUT2D eigenvalue weighted by Crippen LogP contribution is 2.24. The number of amides is 1. The minimum absolute atomic E-state index is 0.115. The first-order valence-electron chi connectivity index (χ1n) is 10.0. The zero-order valence-electron chi connectivity index (χ0n) is 18.2. The van der Waals surface area contributed by atoms with Gasteiger partial charge in [-0.25, -0.2) is 8.42 Å². The minimum Gasteiger partial charge on any atom is -0.497 e. The zero-order chi connectivity index (χ0) is 23.1. The van der Waals surface area contributed by atoms with E-state index in [4.69, 9.17) is 9.47 Å². The van der Waals surface area contributed by atoms with Gasteiger partial charge in [0, 0.05) is 5.69 Å². The third kappa shape index (κ3) is 6.01. The Kier molecular flexibility index (Phi) is 7.37. The smallest absolute Gasteiger partial charge is 0.261 e. The zero-order valence-corrected chi connectivity index (χ0v) is 19.0. The van der Waals surface area contributed by atoms with Crippen molar-refractivity contribution in [2.45, 2.75) is 24.8 Å². The number of sulfonamides is 1. The first-order chi connectivity index (χ1) is 15.3. The van der Waals surface area contributed by atoms with Gasteiger partial charge >= 0.3 is 0 Å². The van der Waals surface area contributed by atoms with E-state index in [-0.39, 0.29) is 23.5 Å². The fourth-order valence-corrected chi connectivity index (χ4v) is 4.22. The number of nitrogens with one attached hydrogen (secondary N) is 2. The molecule has 0 bridgehead atoms. The molecule has 32 heavy (non-hydrogen) atoms. The van der Waals surface area contributed by atoms with E-state index in [1.165, 1.54) is 12.1 Å². The second-order valence-electron chi connectivity index (χ2n) is 7.25. The summed E-state index contributed by atoms with van der Waals surface area (Å²) in [5.41, 5.74) is 2.03. The highest BCUT2D eigenvalue weighted by atomic mass is 32.2. The number of carbonyl (C=O) groups is 1. The SMILES string of the molecule is COc1ccc([C@@H](C)NC(=O)COc2ccc(S(=O)(=O)Nc3ccccc3)cc2C)cc1. The molecule has 3 aromatic rings. The van der Waals surface area contributed by atoms with Crippen LogP contribution < -0.4 is 19.5 Å². The van der Waals surface area contributed by atoms with Gasteiger partial charge in [0.25, 0.3) is 15.9 Å². The van der Waals surface area contributed by atoms with Crippen LogP contribution in [-0.4, -0.2) is 28.0 Å². The third-order valence-corrected chi connectivity index (χ3v) is 6.21. The molecule has 168 valence electrons. The van der Waals surface area contributed by atoms with Gasteiger partial charge in [0.2, 0.25) is 0 Å². The largest absolute Gasteiger partial charge is 0.497 e. The number of para-hydroxylation sites is 1. The molecule has 0 spiro atoms. The van der Waals surface area contributed by atoms with E-state index in [0.717, 1.165) is 11.3 Å². The first-order valence-corrected chi connectivity index (χ1v) is 11.5. The predicted molar refractivity (Wildman–Crippen MR) is 123 cm³/mol. The van der Waals surface area contributed by atoms with Crippen LogP contribution in [0.2, 0.25) is 0 Å². The van der Waals surface area contributed by atoms with Gasteiger partial charge in [-0.2, -0.15) is 0 Å². The number of methoxy groups -OCH3 is 1. The monoisotopic (exact) mass is 454 g/mol. The standard InChI is InChI=1S/C24H26N2O5S/c1-17-15-22(32(28,29)26-20-7-5-4-6-8-20)13-14-23(17)31-16-24(27)25-18(2)19-9-11-21(30-3)12-10-19/h4-15,18,26H,16H2,1-3H3,(H,25,27)/t18-/m1/s1. The molecule has 0 radical (unpaired) electrons. The van der Waals surface area contributed by atoms with Gasteiger partial charge in [0.05, 0.1) is 18.0 Å². The summed E-state index contributed by atoms with van der Waals surface area (Å²) in [6.07, 6.45) is 0. The second kappa shape index (κ2) is 10.2. The summed E-state index contributed by atoms with van der Waals surface area (Å²) < 4.78 is 38.5. The highest BCUT2D eigenvalue weighted by Gasteiger charge is 2.16. The minimum atomic E-state index is -3.73. The van der Waals surface area contributed by atoms with E-state index in [9.17, 15) is 13.2 Å². The van der Waals surface area contributed by atoms with Crippen LogP contribution in [0.5, 0.6) is 11.5 Å². The van der Waals surface area contributed by atoms with E-state index in [1.54, 1.807) is 44.4 Å². The molecule has 0 heterocycles. The highest BCUT2D eigenvalue weighted by molar-refractivity contribution is 7.92. The molecule has 7 nitrogen and oxygen atoms in total. The molecule has 0 aliphatic heterocycles. The molecule has 2 N–H and O–H groups in total. The molecule has 0 saturated carbocycles. The van der Waals surface area contributed by atoms with Gasteiger partial charge in [0.1, 0.15) is 11.5 Å². The molecule has 0 aliphatic rings. The lowest BCUT2D eigenvalue weighted by Gasteiger charge is -2.16. The number of ether oxygens (including phenoxy) is 2. The summed E-state index contributed by atoms with van der Waals surface area (Å²) in [4.78, 5) is 12.4. The van der Waals surface area contributed by atoms with Crippen LogP contribution in [0.25, 0.3) is 0 Å². The van der Waals surface area contributed by atoms with Crippen LogP contribution in [0.15, 0.2) is 77.7 Å². The van der Waals surface area contributed by atoms with Crippen molar-refractivity contribution < 1.29 is 22.7 Å². The topological polar surface area (TPSA) is 93.7 Å². The molecule has 8 heteroatoms. The molecular weight excluding hydrogens is 428 g/mol. The van der Waals surface area contributed by atoms with Crippen molar-refractivity contribution in [2.24, 2.45) is 0 Å². The average Bonchev–Trinajstić information content (AvgIpc) is 2.78. The van der Waals surface area contributed by atoms with Crippen LogP contribution in [0.1, 0.15) is 24.1 Å². The van der Waals surface area contributed by atoms with Crippen LogP contribution in [0.3, 0.4) is 0 Å². The Morgan fingerprint density at radius 2 is 1.69 bits per heavy atom. The molecule has 3 aromatic carbocycles. The van der Waals surface area contributed by atoms with Crippen molar-refractivity contribution in [3.8, 4) is 11.5 Å². The number of rotatable bonds is 9. The summed E-state index contributed by atoms with van der Waals surface area (Å²) in [7, 11) is -2.13. The Morgan fingerprint density at radius 3 is 2.31 bits per heavy atom. The van der Waals surface area contributed by atoms with Gasteiger partial charge < -0.3 is 14.8 Å². The maximum atomic E-state index is 12.6. The fraction of sp³-hybridized carbons (Fsp3) is 0.208. The van der Waals surface area contributed by atoms with E-state index in [2.05, 4.69) is 10.0 Å². The molecule has 0 fully saturated rings. The Bertz CT molecular complexity index is 1160. The van der Waals surface area contributed by atoms with Crippen molar-refractivity contribution in [3.63, 3.8) is 0 Å². The number of carbonyl (C=O) groups excluding carboxylic acids is 1. The number of benzene rings is 3. The predicted octanol–water partition coefficient (Wildman–Crippen LogP) is 4.06. The molecule has 3 rings (SSSR count). The van der Waals surface area contributed by atoms with Crippen molar-refractivity contribution in [2.75, 3.05) is 18.4 Å². The van der Waals surface area contributed by atoms with Gasteiger partial charge in [-0.1, -0.05) is 30.3 Å². The maximum absolute atomic E-state index is 12.6. The second-order valence-corrected chi connectivity index (χ2v) is 8.93. The first kappa shape index (κ1) is 23.1. The van der Waals surface area contributed by atoms with Gasteiger partial charge in [-0.15, -0.1) is 0 Å². The van der Waals surface area contributed by atoms with E-state index < -0.39 is 10.0 Å². The van der Waals surface area contributed by atoms with Gasteiger partial charge in [0.15, 0.2) is 6.61 Å². The lowest BCUT2D eigenvalue weighted by Crippen LogP contribution is -2.31. The maximum Gasteiger partial charge on any atom is 0.261 e. The lowest BCUT2D eigenvalue weighted by molar-refractivity contribution is -0.123. The fourth-order valence-electron chi connectivity index (χ4n) is 3.07. The van der Waals surface area contributed by atoms with E-state index in [0.29, 0.717) is 17.0 Å². The Balaban J connectivity index is 1.58. The molecule has 0 aliphatic carbocycles. The molecular formula is C24H26N2O5S. The molecule has 0 aromatic heterocycles. The summed E-state index contributed by atoms with van der Waals surface area (Å²) in [5.74, 6) is 0.904. The van der Waals surface area contributed by atoms with Crippen molar-refractivity contribution in [1.82, 2.24) is 5.32 Å². The van der Waals surface area contributed by atoms with E-state index in [1.807, 2.05) is 37.3 Å². The molecule has 0 unspecified atom stereocenters. The number of anilines is 1. The molecule has 1 amide bonds. The third-order valence-electron chi connectivity index (χ3n) is 4.83. The average molecular weight is 455 g/mol. The normalized spacial score (nSPS) is 12.0. The Labute approximate surface area is 188 Å². The van der Waals surface area contributed by atoms with E-state index >= 15 is 0 Å². The summed E-state index contributed by atoms with van der Waals surface area (Å²) in [5, 5.41) is 2.88. The van der Waals surface area contributed by atoms with Gasteiger partial charge in [-0.3, -0.25) is 9.52 Å². The van der Waals surface area contributed by atoms with Crippen LogP contribution in [0.4, 0.5) is 5.69 Å². The number of aryl methyl sites for hydroxylation is 1. The Hall–Kier alpha value is -3.52. The van der Waals surface area contributed by atoms with Crippen LogP contribution in [-0.2, 0) is 14.8 Å². The quantitative estimate of drug-likeness (QED) is 0.509. The molecule has 1 atom stereocenters. The van der Waals surface area contributed by atoms with Crippen LogP contribution >= 0.6 is 0 Å². The van der Waals surface area contributed by atoms with Crippen molar-refractivity contribution in [3.05, 3.63) is 83.9 Å². The molecule has 0 saturated heterocycles.